The highest BCUT2D eigenvalue weighted by Crippen LogP contribution is 2.27. The Balaban J connectivity index is 1.92. The molecule has 0 aromatic carbocycles. The summed E-state index contributed by atoms with van der Waals surface area (Å²) in [6, 6.07) is 0. The molecule has 0 aromatic rings. The van der Waals surface area contributed by atoms with Crippen LogP contribution < -0.4 is 0 Å². The van der Waals surface area contributed by atoms with Crippen LogP contribution in [-0.4, -0.2) is 33.6 Å². The molecule has 2 rings (SSSR count). The van der Waals surface area contributed by atoms with Crippen molar-refractivity contribution in [2.75, 3.05) is 0 Å². The zero-order chi connectivity index (χ0) is 14.6. The normalized spacial score (nSPS) is 28.9. The Morgan fingerprint density at radius 1 is 1.25 bits per heavy atom. The zero-order valence-corrected chi connectivity index (χ0v) is 11.3. The number of imide groups is 1. The number of hydrogen-bond donors (Lipinski definition) is 1. The summed E-state index contributed by atoms with van der Waals surface area (Å²) in [6.07, 6.45) is 7.44. The lowest BCUT2D eigenvalue weighted by Gasteiger charge is -2.27. The van der Waals surface area contributed by atoms with E-state index < -0.39 is 23.4 Å². The largest absolute Gasteiger partial charge is 0.389 e. The van der Waals surface area contributed by atoms with Gasteiger partial charge >= 0.3 is 5.97 Å². The molecule has 20 heavy (non-hydrogen) atoms. The van der Waals surface area contributed by atoms with Crippen molar-refractivity contribution in [2.24, 2.45) is 0 Å². The second-order valence-corrected chi connectivity index (χ2v) is 5.37. The maximum absolute atomic E-state index is 11.8. The molecule has 0 spiro atoms. The van der Waals surface area contributed by atoms with Crippen LogP contribution in [0.4, 0.5) is 0 Å². The average molecular weight is 281 g/mol. The smallest absolute Gasteiger partial charge is 0.336 e. The predicted octanol–water partition coefficient (Wildman–Crippen LogP) is 1.24. The van der Waals surface area contributed by atoms with Gasteiger partial charge in [0.25, 0.3) is 11.8 Å². The van der Waals surface area contributed by atoms with Crippen LogP contribution >= 0.6 is 0 Å². The summed E-state index contributed by atoms with van der Waals surface area (Å²) in [4.78, 5) is 39.3. The molecule has 2 aliphatic rings. The van der Waals surface area contributed by atoms with Crippen molar-refractivity contribution < 1.29 is 24.3 Å². The molecule has 110 valence electrons. The number of amides is 2. The number of nitrogens with zero attached hydrogens (tertiary/aromatic N) is 1. The van der Waals surface area contributed by atoms with Crippen LogP contribution in [0.2, 0.25) is 0 Å². The first-order valence-electron chi connectivity index (χ1n) is 6.94. The highest BCUT2D eigenvalue weighted by Gasteiger charge is 2.36. The number of carbonyl (C=O) groups excluding carboxylic acids is 3. The number of rotatable bonds is 3. The van der Waals surface area contributed by atoms with Gasteiger partial charge in [-0.3, -0.25) is 9.59 Å². The maximum atomic E-state index is 11.8. The van der Waals surface area contributed by atoms with Crippen LogP contribution in [0.15, 0.2) is 12.2 Å². The minimum Gasteiger partial charge on any atom is -0.389 e. The highest BCUT2D eigenvalue weighted by atomic mass is 16.7. The number of aliphatic hydroxyl groups is 1. The monoisotopic (exact) mass is 281 g/mol. The van der Waals surface area contributed by atoms with Crippen molar-refractivity contribution in [1.29, 1.82) is 0 Å². The van der Waals surface area contributed by atoms with Crippen LogP contribution in [0.5, 0.6) is 0 Å². The van der Waals surface area contributed by atoms with Crippen LogP contribution in [0.1, 0.15) is 51.4 Å². The third-order valence-electron chi connectivity index (χ3n) is 3.60. The Hall–Kier alpha value is -1.69. The second-order valence-electron chi connectivity index (χ2n) is 5.37. The van der Waals surface area contributed by atoms with E-state index in [2.05, 4.69) is 0 Å². The van der Waals surface area contributed by atoms with Gasteiger partial charge in [0.2, 0.25) is 0 Å². The van der Waals surface area contributed by atoms with Crippen molar-refractivity contribution in [3.05, 3.63) is 12.2 Å². The van der Waals surface area contributed by atoms with Gasteiger partial charge in [-0.25, -0.2) is 4.79 Å². The first-order chi connectivity index (χ1) is 9.50. The molecule has 6 heteroatoms. The van der Waals surface area contributed by atoms with Gasteiger partial charge in [0, 0.05) is 12.8 Å². The minimum atomic E-state index is -1.15. The summed E-state index contributed by atoms with van der Waals surface area (Å²) < 4.78 is 0. The highest BCUT2D eigenvalue weighted by molar-refractivity contribution is 6.01. The van der Waals surface area contributed by atoms with Gasteiger partial charge in [-0.1, -0.05) is 18.6 Å². The van der Waals surface area contributed by atoms with E-state index in [-0.39, 0.29) is 19.3 Å². The van der Waals surface area contributed by atoms with E-state index in [1.807, 2.05) is 12.2 Å². The first kappa shape index (κ1) is 14.7. The minimum absolute atomic E-state index is 0.0686. The molecule has 1 N–H and O–H groups in total. The summed E-state index contributed by atoms with van der Waals surface area (Å²) in [5.41, 5.74) is -1.15. The molecule has 1 fully saturated rings. The molecule has 1 aliphatic heterocycles. The third kappa shape index (κ3) is 3.66. The van der Waals surface area contributed by atoms with E-state index in [9.17, 15) is 19.5 Å². The molecule has 1 atom stereocenters. The van der Waals surface area contributed by atoms with Crippen molar-refractivity contribution in [3.8, 4) is 0 Å². The van der Waals surface area contributed by atoms with E-state index >= 15 is 0 Å². The SMILES string of the molecule is O=C(CC1(O)C/C=C\CCCC1)ON1C(=O)CCC1=O. The molecule has 1 heterocycles. The first-order valence-corrected chi connectivity index (χ1v) is 6.94. The third-order valence-corrected chi connectivity index (χ3v) is 3.60. The van der Waals surface area contributed by atoms with Gasteiger partial charge in [0.15, 0.2) is 0 Å². The van der Waals surface area contributed by atoms with E-state index in [1.54, 1.807) is 0 Å². The fourth-order valence-electron chi connectivity index (χ4n) is 2.46. The number of carbonyl (C=O) groups is 3. The molecule has 0 aromatic heterocycles. The molecular formula is C14H19NO5. The van der Waals surface area contributed by atoms with Crippen LogP contribution in [-0.2, 0) is 19.2 Å². The molecular weight excluding hydrogens is 262 g/mol. The van der Waals surface area contributed by atoms with Gasteiger partial charge < -0.3 is 9.94 Å². The number of allylic oxidation sites excluding steroid dienone is 1. The molecule has 6 nitrogen and oxygen atoms in total. The Morgan fingerprint density at radius 3 is 2.65 bits per heavy atom. The van der Waals surface area contributed by atoms with E-state index in [1.165, 1.54) is 0 Å². The van der Waals surface area contributed by atoms with Gasteiger partial charge in [-0.15, -0.1) is 5.06 Å². The zero-order valence-electron chi connectivity index (χ0n) is 11.3. The summed E-state index contributed by atoms with van der Waals surface area (Å²) >= 11 is 0. The van der Waals surface area contributed by atoms with E-state index in [0.717, 1.165) is 19.3 Å². The van der Waals surface area contributed by atoms with Gasteiger partial charge in [-0.05, 0) is 25.7 Å². The maximum Gasteiger partial charge on any atom is 0.336 e. The van der Waals surface area contributed by atoms with Crippen molar-refractivity contribution in [3.63, 3.8) is 0 Å². The topological polar surface area (TPSA) is 83.9 Å². The van der Waals surface area contributed by atoms with Crippen molar-refractivity contribution >= 4 is 17.8 Å². The summed E-state index contributed by atoms with van der Waals surface area (Å²) in [5.74, 6) is -1.76. The lowest BCUT2D eigenvalue weighted by molar-refractivity contribution is -0.200. The molecule has 0 radical (unpaired) electrons. The standard InChI is InChI=1S/C14H19NO5/c16-11-6-7-12(17)15(11)20-13(18)10-14(19)8-4-2-1-3-5-9-14/h2,4,19H,1,3,5-10H2/b4-2-. The van der Waals surface area contributed by atoms with Crippen LogP contribution in [0.3, 0.4) is 0 Å². The molecule has 1 aliphatic carbocycles. The average Bonchev–Trinajstić information content (AvgIpc) is 2.66. The molecule has 1 saturated heterocycles. The van der Waals surface area contributed by atoms with E-state index in [4.69, 9.17) is 4.84 Å². The van der Waals surface area contributed by atoms with Crippen molar-refractivity contribution in [1.82, 2.24) is 5.06 Å². The molecule has 2 amide bonds. The Morgan fingerprint density at radius 2 is 1.95 bits per heavy atom. The molecule has 1 unspecified atom stereocenters. The van der Waals surface area contributed by atoms with Gasteiger partial charge in [0.05, 0.1) is 12.0 Å². The quantitative estimate of drug-likeness (QED) is 0.621. The molecule has 0 bridgehead atoms. The van der Waals surface area contributed by atoms with Crippen LogP contribution in [0.25, 0.3) is 0 Å². The van der Waals surface area contributed by atoms with E-state index in [0.29, 0.717) is 17.9 Å². The number of hydrogen-bond acceptors (Lipinski definition) is 5. The molecule has 0 saturated carbocycles. The fraction of sp³-hybridized carbons (Fsp3) is 0.643. The Kier molecular flexibility index (Phi) is 4.54. The van der Waals surface area contributed by atoms with Crippen molar-refractivity contribution in [2.45, 2.75) is 57.0 Å². The number of hydroxylamine groups is 2. The second kappa shape index (κ2) is 6.17. The lowest BCUT2D eigenvalue weighted by Crippen LogP contribution is -2.37. The van der Waals surface area contributed by atoms with Gasteiger partial charge in [0.1, 0.15) is 0 Å². The van der Waals surface area contributed by atoms with Crippen LogP contribution in [0, 0.1) is 0 Å². The lowest BCUT2D eigenvalue weighted by atomic mass is 9.87. The van der Waals surface area contributed by atoms with Gasteiger partial charge in [-0.2, -0.15) is 0 Å². The summed E-state index contributed by atoms with van der Waals surface area (Å²) in [6.45, 7) is 0. The Bertz CT molecular complexity index is 429. The summed E-state index contributed by atoms with van der Waals surface area (Å²) in [5, 5.41) is 10.9. The summed E-state index contributed by atoms with van der Waals surface area (Å²) in [7, 11) is 0. The predicted molar refractivity (Wildman–Crippen MR) is 69.0 cm³/mol. The Labute approximate surface area is 117 Å². The fourth-order valence-corrected chi connectivity index (χ4v) is 2.46.